The van der Waals surface area contributed by atoms with Crippen LogP contribution in [0.3, 0.4) is 0 Å². The summed E-state index contributed by atoms with van der Waals surface area (Å²) in [6.45, 7) is 2.53. The highest BCUT2D eigenvalue weighted by molar-refractivity contribution is 7.91. The highest BCUT2D eigenvalue weighted by Crippen LogP contribution is 2.27. The molecule has 1 aromatic heterocycles. The van der Waals surface area contributed by atoms with Gasteiger partial charge in [0.1, 0.15) is 17.0 Å². The van der Waals surface area contributed by atoms with Gasteiger partial charge in [-0.25, -0.2) is 8.42 Å². The Kier molecular flexibility index (Phi) is 5.76. The number of carbonyl (C=O) groups is 1. The van der Waals surface area contributed by atoms with Crippen LogP contribution >= 0.6 is 11.3 Å². The Morgan fingerprint density at radius 3 is 2.56 bits per heavy atom. The topological polar surface area (TPSA) is 77.7 Å². The lowest BCUT2D eigenvalue weighted by molar-refractivity contribution is -0.115. The zero-order valence-electron chi connectivity index (χ0n) is 15.1. The van der Waals surface area contributed by atoms with E-state index in [0.717, 1.165) is 10.2 Å². The summed E-state index contributed by atoms with van der Waals surface area (Å²) in [5.74, 6) is -0.769. The number of hydrogen-bond donors (Lipinski definition) is 0. The Bertz CT molecular complexity index is 1130. The van der Waals surface area contributed by atoms with Gasteiger partial charge in [0.2, 0.25) is 0 Å². The number of amides is 1. The predicted octanol–water partition coefficient (Wildman–Crippen LogP) is 2.77. The van der Waals surface area contributed by atoms with E-state index < -0.39 is 21.5 Å². The van der Waals surface area contributed by atoms with Crippen molar-refractivity contribution in [3.8, 4) is 5.75 Å². The van der Waals surface area contributed by atoms with Crippen molar-refractivity contribution in [2.45, 2.75) is 19.2 Å². The second-order valence-corrected chi connectivity index (χ2v) is 9.03. The van der Waals surface area contributed by atoms with Gasteiger partial charge < -0.3 is 9.30 Å². The average molecular weight is 405 g/mol. The van der Waals surface area contributed by atoms with Crippen LogP contribution in [-0.2, 0) is 26.9 Å². The third-order valence-electron chi connectivity index (χ3n) is 3.99. The van der Waals surface area contributed by atoms with Crippen LogP contribution < -0.4 is 9.54 Å². The zero-order chi connectivity index (χ0) is 19.4. The fourth-order valence-corrected chi connectivity index (χ4v) is 5.22. The Morgan fingerprint density at radius 1 is 1.15 bits per heavy atom. The van der Waals surface area contributed by atoms with Crippen LogP contribution in [0.15, 0.2) is 53.5 Å². The first kappa shape index (κ1) is 19.3. The maximum absolute atomic E-state index is 12.3. The third-order valence-corrected chi connectivity index (χ3v) is 6.50. The monoisotopic (exact) mass is 404 g/mol. The summed E-state index contributed by atoms with van der Waals surface area (Å²) in [4.78, 5) is 16.9. The average Bonchev–Trinajstić information content (AvgIpc) is 2.98. The van der Waals surface area contributed by atoms with Gasteiger partial charge in [-0.15, -0.1) is 0 Å². The van der Waals surface area contributed by atoms with Crippen LogP contribution in [0.25, 0.3) is 10.2 Å². The van der Waals surface area contributed by atoms with E-state index in [0.29, 0.717) is 22.7 Å². The van der Waals surface area contributed by atoms with E-state index >= 15 is 0 Å². The molecule has 142 valence electrons. The van der Waals surface area contributed by atoms with Crippen molar-refractivity contribution in [1.29, 1.82) is 0 Å². The molecule has 1 heterocycles. The first-order valence-electron chi connectivity index (χ1n) is 8.41. The highest BCUT2D eigenvalue weighted by atomic mass is 32.2. The fourth-order valence-electron chi connectivity index (χ4n) is 2.85. The van der Waals surface area contributed by atoms with Crippen molar-refractivity contribution < 1.29 is 17.9 Å². The van der Waals surface area contributed by atoms with E-state index in [2.05, 4.69) is 4.99 Å². The molecule has 3 rings (SSSR count). The van der Waals surface area contributed by atoms with Gasteiger partial charge in [0, 0.05) is 6.54 Å². The van der Waals surface area contributed by atoms with E-state index in [1.807, 2.05) is 35.8 Å². The van der Waals surface area contributed by atoms with E-state index in [-0.39, 0.29) is 5.75 Å². The SMILES string of the molecule is CCn1c(=NC(=O)CS(=O)(=O)Cc2ccccc2)sc2cccc(OC)c21. The summed E-state index contributed by atoms with van der Waals surface area (Å²) in [6.07, 6.45) is 0. The lowest BCUT2D eigenvalue weighted by atomic mass is 10.2. The molecule has 1 amide bonds. The van der Waals surface area contributed by atoms with Crippen LogP contribution in [0.5, 0.6) is 5.75 Å². The number of fused-ring (bicyclic) bond motifs is 1. The van der Waals surface area contributed by atoms with Gasteiger partial charge in [0.15, 0.2) is 14.6 Å². The zero-order valence-corrected chi connectivity index (χ0v) is 16.7. The third kappa shape index (κ3) is 4.45. The molecule has 0 radical (unpaired) electrons. The summed E-state index contributed by atoms with van der Waals surface area (Å²) in [5, 5.41) is 0. The van der Waals surface area contributed by atoms with Gasteiger partial charge >= 0.3 is 0 Å². The fraction of sp³-hybridized carbons (Fsp3) is 0.263. The molecule has 0 unspecified atom stereocenters. The summed E-state index contributed by atoms with van der Waals surface area (Å²) in [5.41, 5.74) is 1.51. The number of para-hydroxylation sites is 1. The maximum atomic E-state index is 12.3. The van der Waals surface area contributed by atoms with Crippen molar-refractivity contribution in [3.05, 3.63) is 58.9 Å². The molecule has 0 atom stereocenters. The first-order valence-corrected chi connectivity index (χ1v) is 11.1. The van der Waals surface area contributed by atoms with Gasteiger partial charge in [-0.05, 0) is 24.6 Å². The van der Waals surface area contributed by atoms with Crippen molar-refractivity contribution in [3.63, 3.8) is 0 Å². The minimum absolute atomic E-state index is 0.177. The van der Waals surface area contributed by atoms with Crippen molar-refractivity contribution >= 4 is 37.3 Å². The summed E-state index contributed by atoms with van der Waals surface area (Å²) >= 11 is 1.34. The molecule has 27 heavy (non-hydrogen) atoms. The summed E-state index contributed by atoms with van der Waals surface area (Å²) < 4.78 is 32.8. The lowest BCUT2D eigenvalue weighted by Crippen LogP contribution is -2.21. The van der Waals surface area contributed by atoms with E-state index in [1.54, 1.807) is 31.4 Å². The highest BCUT2D eigenvalue weighted by Gasteiger charge is 2.18. The molecule has 0 spiro atoms. The van der Waals surface area contributed by atoms with Crippen LogP contribution in [0.4, 0.5) is 0 Å². The number of aromatic nitrogens is 1. The molecule has 0 N–H and O–H groups in total. The first-order chi connectivity index (χ1) is 12.9. The molecule has 6 nitrogen and oxygen atoms in total. The summed E-state index contributed by atoms with van der Waals surface area (Å²) in [7, 11) is -2.00. The molecule has 0 aliphatic rings. The molecule has 0 saturated heterocycles. The van der Waals surface area contributed by atoms with E-state index in [4.69, 9.17) is 4.74 Å². The Balaban J connectivity index is 1.91. The molecule has 0 aliphatic heterocycles. The van der Waals surface area contributed by atoms with Gasteiger partial charge in [0.25, 0.3) is 5.91 Å². The second-order valence-electron chi connectivity index (χ2n) is 5.96. The number of benzene rings is 2. The van der Waals surface area contributed by atoms with Crippen molar-refractivity contribution in [2.75, 3.05) is 12.9 Å². The van der Waals surface area contributed by atoms with E-state index in [1.165, 1.54) is 11.3 Å². The second kappa shape index (κ2) is 8.06. The smallest absolute Gasteiger partial charge is 0.263 e. The standard InChI is InChI=1S/C19H20N2O4S2/c1-3-21-18-15(25-2)10-7-11-16(18)26-19(21)20-17(22)13-27(23,24)12-14-8-5-4-6-9-14/h4-11H,3,12-13H2,1-2H3. The number of carbonyl (C=O) groups excluding carboxylic acids is 1. The van der Waals surface area contributed by atoms with Crippen molar-refractivity contribution in [2.24, 2.45) is 4.99 Å². The molecule has 8 heteroatoms. The molecule has 0 aliphatic carbocycles. The number of hydrogen-bond acceptors (Lipinski definition) is 5. The number of thiazole rings is 1. The van der Waals surface area contributed by atoms with Gasteiger partial charge in [-0.3, -0.25) is 4.79 Å². The number of nitrogens with zero attached hydrogens (tertiary/aromatic N) is 2. The number of methoxy groups -OCH3 is 1. The lowest BCUT2D eigenvalue weighted by Gasteiger charge is -2.05. The van der Waals surface area contributed by atoms with Gasteiger partial charge in [-0.2, -0.15) is 4.99 Å². The molecular formula is C19H20N2O4S2. The number of rotatable bonds is 6. The van der Waals surface area contributed by atoms with E-state index in [9.17, 15) is 13.2 Å². The Labute approximate surface area is 161 Å². The molecule has 0 bridgehead atoms. The van der Waals surface area contributed by atoms with Gasteiger partial charge in [0.05, 0.1) is 17.6 Å². The van der Waals surface area contributed by atoms with Gasteiger partial charge in [-0.1, -0.05) is 47.7 Å². The normalized spacial score (nSPS) is 12.4. The molecule has 0 fully saturated rings. The van der Waals surface area contributed by atoms with Crippen molar-refractivity contribution in [1.82, 2.24) is 4.57 Å². The molecular weight excluding hydrogens is 384 g/mol. The minimum atomic E-state index is -3.59. The Hall–Kier alpha value is -2.45. The van der Waals surface area contributed by atoms with Crippen LogP contribution in [-0.4, -0.2) is 31.8 Å². The number of aryl methyl sites for hydroxylation is 1. The number of sulfone groups is 1. The summed E-state index contributed by atoms with van der Waals surface area (Å²) in [6, 6.07) is 14.4. The Morgan fingerprint density at radius 2 is 1.89 bits per heavy atom. The van der Waals surface area contributed by atoms with Crippen LogP contribution in [0, 0.1) is 0 Å². The molecule has 3 aromatic rings. The molecule has 2 aromatic carbocycles. The number of ether oxygens (including phenoxy) is 1. The maximum Gasteiger partial charge on any atom is 0.263 e. The largest absolute Gasteiger partial charge is 0.495 e. The van der Waals surface area contributed by atoms with Crippen LogP contribution in [0.1, 0.15) is 12.5 Å². The molecule has 0 saturated carbocycles. The van der Waals surface area contributed by atoms with Crippen LogP contribution in [0.2, 0.25) is 0 Å². The minimum Gasteiger partial charge on any atom is -0.495 e. The predicted molar refractivity (Wildman–Crippen MR) is 107 cm³/mol. The quantitative estimate of drug-likeness (QED) is 0.633.